The van der Waals surface area contributed by atoms with Crippen molar-refractivity contribution in [3.8, 4) is 0 Å². The molecule has 10 heteroatoms. The number of rotatable bonds is 4. The van der Waals surface area contributed by atoms with Crippen LogP contribution in [-0.4, -0.2) is 63.2 Å². The molecule has 2 aromatic rings. The van der Waals surface area contributed by atoms with Crippen molar-refractivity contribution in [2.45, 2.75) is 33.7 Å². The summed E-state index contributed by atoms with van der Waals surface area (Å²) in [5.74, 6) is 1.88. The maximum atomic E-state index is 4.60. The highest BCUT2D eigenvalue weighted by atomic mass is 127. The lowest BCUT2D eigenvalue weighted by Gasteiger charge is -2.36. The van der Waals surface area contributed by atoms with Gasteiger partial charge in [-0.05, 0) is 13.8 Å². The van der Waals surface area contributed by atoms with Crippen LogP contribution in [0.15, 0.2) is 4.99 Å². The number of aryl methyl sites for hydroxylation is 3. The Bertz CT molecular complexity index is 776. The van der Waals surface area contributed by atoms with Crippen molar-refractivity contribution in [2.24, 2.45) is 12.0 Å². The zero-order chi connectivity index (χ0) is 18.7. The Morgan fingerprint density at radius 2 is 1.93 bits per heavy atom. The van der Waals surface area contributed by atoms with E-state index in [-0.39, 0.29) is 24.0 Å². The number of piperazine rings is 1. The quantitative estimate of drug-likeness (QED) is 0.390. The van der Waals surface area contributed by atoms with Crippen molar-refractivity contribution in [1.82, 2.24) is 29.4 Å². The maximum Gasteiger partial charge on any atom is 0.205 e. The fourth-order valence-electron chi connectivity index (χ4n) is 3.20. The molecular weight excluding hydrogens is 475 g/mol. The number of nitrogens with one attached hydrogen (secondary N) is 1. The van der Waals surface area contributed by atoms with Crippen molar-refractivity contribution in [3.63, 3.8) is 0 Å². The Kier molecular flexibility index (Phi) is 7.83. The maximum absolute atomic E-state index is 4.60. The van der Waals surface area contributed by atoms with Crippen molar-refractivity contribution in [2.75, 3.05) is 38.1 Å². The van der Waals surface area contributed by atoms with Crippen LogP contribution < -0.4 is 10.2 Å². The Morgan fingerprint density at radius 3 is 2.44 bits per heavy atom. The molecule has 0 aliphatic carbocycles. The predicted octanol–water partition coefficient (Wildman–Crippen LogP) is 1.97. The molecule has 0 atom stereocenters. The SMILES string of the molecule is CCc1nsc(N2CCN(C(=NC)NCc3c(C)nn(C)c3C)CC2)n1.I. The molecule has 1 saturated heterocycles. The summed E-state index contributed by atoms with van der Waals surface area (Å²) in [5, 5.41) is 9.01. The first-order valence-electron chi connectivity index (χ1n) is 9.05. The van der Waals surface area contributed by atoms with Crippen molar-refractivity contribution < 1.29 is 0 Å². The van der Waals surface area contributed by atoms with Crippen LogP contribution in [-0.2, 0) is 20.0 Å². The summed E-state index contributed by atoms with van der Waals surface area (Å²) in [6, 6.07) is 0. The Hall–Kier alpha value is -1.43. The molecule has 0 unspecified atom stereocenters. The van der Waals surface area contributed by atoms with Gasteiger partial charge in [0.2, 0.25) is 5.13 Å². The van der Waals surface area contributed by atoms with Crippen molar-refractivity contribution >= 4 is 46.6 Å². The van der Waals surface area contributed by atoms with Crippen LogP contribution in [0.2, 0.25) is 0 Å². The molecule has 0 radical (unpaired) electrons. The standard InChI is InChI=1S/C17H28N8S.HI/c1-6-15-20-17(26-22-15)25-9-7-24(8-10-25)16(18-4)19-11-14-12(2)21-23(5)13(14)3;/h6-11H2,1-5H3,(H,18,19);1H. The molecule has 1 aliphatic rings. The van der Waals surface area contributed by atoms with Gasteiger partial charge in [0.15, 0.2) is 5.96 Å². The number of anilines is 1. The minimum absolute atomic E-state index is 0. The first-order chi connectivity index (χ1) is 12.5. The highest BCUT2D eigenvalue weighted by molar-refractivity contribution is 14.0. The molecule has 0 aromatic carbocycles. The van der Waals surface area contributed by atoms with Crippen molar-refractivity contribution in [3.05, 3.63) is 22.8 Å². The summed E-state index contributed by atoms with van der Waals surface area (Å²) in [7, 11) is 3.83. The molecular formula is C17H29IN8S. The number of halogens is 1. The minimum atomic E-state index is 0. The number of hydrogen-bond donors (Lipinski definition) is 1. The van der Waals surface area contributed by atoms with Crippen LogP contribution >= 0.6 is 35.5 Å². The van der Waals surface area contributed by atoms with Crippen LogP contribution in [0, 0.1) is 13.8 Å². The van der Waals surface area contributed by atoms with E-state index in [9.17, 15) is 0 Å². The molecule has 27 heavy (non-hydrogen) atoms. The van der Waals surface area contributed by atoms with Crippen LogP contribution in [0.1, 0.15) is 29.7 Å². The van der Waals surface area contributed by atoms with Crippen LogP contribution in [0.3, 0.4) is 0 Å². The molecule has 0 spiro atoms. The molecule has 0 saturated carbocycles. The van der Waals surface area contributed by atoms with E-state index in [0.717, 1.165) is 61.8 Å². The average molecular weight is 504 g/mol. The van der Waals surface area contributed by atoms with Gasteiger partial charge in [0.05, 0.1) is 5.69 Å². The second kappa shape index (κ2) is 9.67. The molecule has 1 N–H and O–H groups in total. The van der Waals surface area contributed by atoms with Gasteiger partial charge in [-0.3, -0.25) is 9.67 Å². The number of hydrogen-bond acceptors (Lipinski definition) is 6. The Morgan fingerprint density at radius 1 is 1.22 bits per heavy atom. The van der Waals surface area contributed by atoms with E-state index in [1.807, 2.05) is 18.8 Å². The smallest absolute Gasteiger partial charge is 0.205 e. The Balaban J connectivity index is 0.00000261. The van der Waals surface area contributed by atoms with E-state index in [0.29, 0.717) is 0 Å². The number of guanidine groups is 1. The highest BCUT2D eigenvalue weighted by Gasteiger charge is 2.22. The van der Waals surface area contributed by atoms with E-state index in [1.165, 1.54) is 22.8 Å². The number of aromatic nitrogens is 4. The van der Waals surface area contributed by atoms with E-state index in [2.05, 4.69) is 55.3 Å². The zero-order valence-electron chi connectivity index (χ0n) is 16.7. The summed E-state index contributed by atoms with van der Waals surface area (Å²) in [5.41, 5.74) is 3.51. The number of nitrogens with zero attached hydrogens (tertiary/aromatic N) is 7. The fraction of sp³-hybridized carbons (Fsp3) is 0.647. The number of aliphatic imine (C=N–C) groups is 1. The van der Waals surface area contributed by atoms with E-state index in [1.54, 1.807) is 0 Å². The molecule has 0 amide bonds. The lowest BCUT2D eigenvalue weighted by atomic mass is 10.2. The van der Waals surface area contributed by atoms with Crippen LogP contribution in [0.4, 0.5) is 5.13 Å². The topological polar surface area (TPSA) is 74.5 Å². The van der Waals surface area contributed by atoms with Gasteiger partial charge >= 0.3 is 0 Å². The summed E-state index contributed by atoms with van der Waals surface area (Å²) in [6.45, 7) is 10.7. The second-order valence-electron chi connectivity index (χ2n) is 6.49. The summed E-state index contributed by atoms with van der Waals surface area (Å²) >= 11 is 1.50. The minimum Gasteiger partial charge on any atom is -0.352 e. The molecule has 1 aliphatic heterocycles. The third-order valence-corrected chi connectivity index (χ3v) is 5.73. The predicted molar refractivity (Wildman–Crippen MR) is 121 cm³/mol. The van der Waals surface area contributed by atoms with Gasteiger partial charge in [0.1, 0.15) is 5.82 Å². The summed E-state index contributed by atoms with van der Waals surface area (Å²) < 4.78 is 6.32. The molecule has 2 aromatic heterocycles. The molecule has 8 nitrogen and oxygen atoms in total. The summed E-state index contributed by atoms with van der Waals surface area (Å²) in [6.07, 6.45) is 0.889. The van der Waals surface area contributed by atoms with Crippen LogP contribution in [0.25, 0.3) is 0 Å². The monoisotopic (exact) mass is 504 g/mol. The average Bonchev–Trinajstić information content (AvgIpc) is 3.22. The first kappa shape index (κ1) is 21.9. The van der Waals surface area contributed by atoms with E-state index < -0.39 is 0 Å². The molecule has 0 bridgehead atoms. The van der Waals surface area contributed by atoms with Gasteiger partial charge in [-0.1, -0.05) is 6.92 Å². The van der Waals surface area contributed by atoms with Crippen LogP contribution in [0.5, 0.6) is 0 Å². The largest absolute Gasteiger partial charge is 0.352 e. The van der Waals surface area contributed by atoms with Gasteiger partial charge in [0, 0.05) is 76.0 Å². The van der Waals surface area contributed by atoms with Gasteiger partial charge in [0.25, 0.3) is 0 Å². The van der Waals surface area contributed by atoms with Gasteiger partial charge < -0.3 is 15.1 Å². The molecule has 150 valence electrons. The van der Waals surface area contributed by atoms with Gasteiger partial charge in [-0.15, -0.1) is 24.0 Å². The Labute approximate surface area is 182 Å². The fourth-order valence-corrected chi connectivity index (χ4v) is 4.00. The molecule has 3 rings (SSSR count). The van der Waals surface area contributed by atoms with E-state index >= 15 is 0 Å². The normalized spacial score (nSPS) is 15.1. The van der Waals surface area contributed by atoms with Gasteiger partial charge in [-0.25, -0.2) is 4.98 Å². The lowest BCUT2D eigenvalue weighted by molar-refractivity contribution is 0.372. The van der Waals surface area contributed by atoms with Crippen molar-refractivity contribution in [1.29, 1.82) is 0 Å². The van der Waals surface area contributed by atoms with E-state index in [4.69, 9.17) is 0 Å². The molecule has 1 fully saturated rings. The third kappa shape index (κ3) is 4.89. The molecule has 3 heterocycles. The zero-order valence-corrected chi connectivity index (χ0v) is 19.8. The summed E-state index contributed by atoms with van der Waals surface area (Å²) in [4.78, 5) is 13.7. The lowest BCUT2D eigenvalue weighted by Crippen LogP contribution is -2.52. The second-order valence-corrected chi connectivity index (χ2v) is 7.22. The highest BCUT2D eigenvalue weighted by Crippen LogP contribution is 2.19. The third-order valence-electron chi connectivity index (χ3n) is 4.92. The van der Waals surface area contributed by atoms with Gasteiger partial charge in [-0.2, -0.15) is 9.47 Å². The first-order valence-corrected chi connectivity index (χ1v) is 9.83.